The fourth-order valence-corrected chi connectivity index (χ4v) is 6.88. The minimum absolute atomic E-state index is 0.264. The second-order valence-corrected chi connectivity index (χ2v) is 22.1. The summed E-state index contributed by atoms with van der Waals surface area (Å²) in [6, 6.07) is 0. The molecule has 0 aromatic rings. The molecule has 0 saturated carbocycles. The smallest absolute Gasteiger partial charge is 0.320 e. The summed E-state index contributed by atoms with van der Waals surface area (Å²) in [4.78, 5) is 25.3. The predicted molar refractivity (Wildman–Crippen MR) is 185 cm³/mol. The summed E-state index contributed by atoms with van der Waals surface area (Å²) in [5.74, 6) is -0.528. The lowest BCUT2D eigenvalue weighted by Gasteiger charge is -2.25. The number of rotatable bonds is 22. The molecule has 0 heterocycles. The molecule has 2 unspecified atom stereocenters. The molecule has 0 aliphatic heterocycles. The number of halogens is 4. The van der Waals surface area contributed by atoms with Crippen molar-refractivity contribution in [2.75, 3.05) is 0 Å². The van der Waals surface area contributed by atoms with Crippen molar-refractivity contribution in [2.45, 2.75) is 144 Å². The van der Waals surface area contributed by atoms with Gasteiger partial charge in [0.15, 0.2) is 0 Å². The number of ether oxygens (including phenoxy) is 2. The molecule has 0 spiro atoms. The Morgan fingerprint density at radius 3 is 1.20 bits per heavy atom. The van der Waals surface area contributed by atoms with E-state index < -0.39 is 13.7 Å². The molecule has 0 radical (unpaired) electrons. The van der Waals surface area contributed by atoms with E-state index in [4.69, 9.17) is 9.47 Å². The van der Waals surface area contributed by atoms with E-state index in [9.17, 15) is 9.59 Å². The van der Waals surface area contributed by atoms with E-state index in [0.717, 1.165) is 25.7 Å². The van der Waals surface area contributed by atoms with Gasteiger partial charge >= 0.3 is 11.9 Å². The lowest BCUT2D eigenvalue weighted by Crippen LogP contribution is -2.31. The minimum Gasteiger partial charge on any atom is -0.438 e. The van der Waals surface area contributed by atoms with Crippen LogP contribution < -0.4 is 0 Å². The quantitative estimate of drug-likeness (QED) is 0.0468. The van der Waals surface area contributed by atoms with Crippen LogP contribution in [0.4, 0.5) is 0 Å². The summed E-state index contributed by atoms with van der Waals surface area (Å²) < 4.78 is 10.5. The molecule has 0 rings (SSSR count). The summed E-state index contributed by atoms with van der Waals surface area (Å²) in [6.45, 7) is 8.09. The molecule has 0 aromatic carbocycles. The zero-order valence-corrected chi connectivity index (χ0v) is 31.5. The molecule has 0 N–H and O–H groups in total. The summed E-state index contributed by atoms with van der Waals surface area (Å²) in [7, 11) is 0. The molecule has 0 amide bonds. The van der Waals surface area contributed by atoms with Gasteiger partial charge in [0.25, 0.3) is 0 Å². The number of hydrogen-bond acceptors (Lipinski definition) is 5. The third kappa shape index (κ3) is 21.7. The first-order valence-electron chi connectivity index (χ1n) is 13.3. The Kier molecular flexibility index (Phi) is 23.3. The zero-order chi connectivity index (χ0) is 26.7. The van der Waals surface area contributed by atoms with Crippen molar-refractivity contribution in [1.82, 2.24) is 0 Å². The van der Waals surface area contributed by atoms with Gasteiger partial charge in [-0.1, -0.05) is 90.9 Å². The molecule has 0 saturated heterocycles. The van der Waals surface area contributed by atoms with Gasteiger partial charge in [-0.05, 0) is 117 Å². The average molecular weight is 962 g/mol. The highest BCUT2D eigenvalue weighted by atomic mass is 127. The second-order valence-electron chi connectivity index (χ2n) is 9.28. The number of hydrogen-bond donors (Lipinski definition) is 0. The average Bonchev–Trinajstić information content (AvgIpc) is 2.77. The standard InChI is InChI=1S/C26H46I4O4S/c1-5-7-9-11-13-15-17-19-25(27,28)33-23(31)21(3)35-22(4)24(32)34-26(29,30)20-18-16-14-12-10-8-6-2/h21-22H,5-20H2,1-4H3. The van der Waals surface area contributed by atoms with Crippen LogP contribution in [0.5, 0.6) is 0 Å². The first kappa shape index (κ1) is 37.2. The number of unbranched alkanes of at least 4 members (excludes halogenated alkanes) is 12. The van der Waals surface area contributed by atoms with Crippen LogP contribution in [-0.2, 0) is 19.1 Å². The third-order valence-electron chi connectivity index (χ3n) is 5.71. The molecular weight excluding hydrogens is 916 g/mol. The van der Waals surface area contributed by atoms with Crippen LogP contribution in [0.15, 0.2) is 0 Å². The lowest BCUT2D eigenvalue weighted by molar-refractivity contribution is -0.144. The number of carbonyl (C=O) groups is 2. The number of thioether (sulfide) groups is 1. The van der Waals surface area contributed by atoms with Crippen LogP contribution in [0.2, 0.25) is 0 Å². The van der Waals surface area contributed by atoms with Crippen LogP contribution in [0.3, 0.4) is 0 Å². The predicted octanol–water partition coefficient (Wildman–Crippen LogP) is 10.9. The summed E-state index contributed by atoms with van der Waals surface area (Å²) in [5, 5.41) is -0.840. The normalized spacial score (nSPS) is 13.9. The van der Waals surface area contributed by atoms with Crippen molar-refractivity contribution in [2.24, 2.45) is 0 Å². The Morgan fingerprint density at radius 1 is 0.600 bits per heavy atom. The van der Waals surface area contributed by atoms with Crippen LogP contribution >= 0.6 is 102 Å². The van der Waals surface area contributed by atoms with Crippen molar-refractivity contribution in [3.63, 3.8) is 0 Å². The van der Waals surface area contributed by atoms with Gasteiger partial charge in [0.05, 0.1) is 0 Å². The van der Waals surface area contributed by atoms with Crippen molar-refractivity contribution >= 4 is 114 Å². The van der Waals surface area contributed by atoms with Gasteiger partial charge in [0.2, 0.25) is 3.23 Å². The van der Waals surface area contributed by atoms with E-state index >= 15 is 0 Å². The molecule has 35 heavy (non-hydrogen) atoms. The highest BCUT2D eigenvalue weighted by Gasteiger charge is 2.33. The molecule has 208 valence electrons. The molecule has 4 nitrogen and oxygen atoms in total. The van der Waals surface area contributed by atoms with Gasteiger partial charge in [0, 0.05) is 12.8 Å². The highest BCUT2D eigenvalue weighted by molar-refractivity contribution is 14.2. The Labute approximate surface area is 274 Å². The van der Waals surface area contributed by atoms with Crippen molar-refractivity contribution < 1.29 is 19.1 Å². The Bertz CT molecular complexity index is 528. The number of alkyl halides is 4. The third-order valence-corrected chi connectivity index (χ3v) is 9.95. The maximum Gasteiger partial charge on any atom is 0.320 e. The topological polar surface area (TPSA) is 52.6 Å². The van der Waals surface area contributed by atoms with Gasteiger partial charge in [-0.3, -0.25) is 9.59 Å². The summed E-state index contributed by atoms with van der Waals surface area (Å²) in [6.07, 6.45) is 19.0. The van der Waals surface area contributed by atoms with Gasteiger partial charge < -0.3 is 9.47 Å². The van der Waals surface area contributed by atoms with Crippen LogP contribution in [0, 0.1) is 0 Å². The van der Waals surface area contributed by atoms with Crippen LogP contribution in [0.1, 0.15) is 130 Å². The minimum atomic E-state index is -0.537. The first-order valence-corrected chi connectivity index (χ1v) is 18.6. The fourth-order valence-electron chi connectivity index (χ4n) is 3.56. The van der Waals surface area contributed by atoms with Crippen molar-refractivity contribution in [3.05, 3.63) is 0 Å². The Morgan fingerprint density at radius 2 is 0.886 bits per heavy atom. The van der Waals surface area contributed by atoms with E-state index in [0.29, 0.717) is 0 Å². The SMILES string of the molecule is CCCCCCCCCC(I)(I)OC(=O)C(C)SC(C)C(=O)OC(I)(I)CCCCCCCCC. The number of carbonyl (C=O) groups excluding carboxylic acids is 2. The molecule has 0 aromatic heterocycles. The molecule has 2 atom stereocenters. The fraction of sp³-hybridized carbons (Fsp3) is 0.923. The molecule has 0 aliphatic carbocycles. The molecule has 9 heteroatoms. The van der Waals surface area contributed by atoms with E-state index in [1.54, 1.807) is 0 Å². The van der Waals surface area contributed by atoms with Crippen LogP contribution in [0.25, 0.3) is 0 Å². The van der Waals surface area contributed by atoms with E-state index in [1.165, 1.54) is 88.8 Å². The van der Waals surface area contributed by atoms with E-state index in [1.807, 2.05) is 13.8 Å². The van der Waals surface area contributed by atoms with Crippen molar-refractivity contribution in [1.29, 1.82) is 0 Å². The highest BCUT2D eigenvalue weighted by Crippen LogP contribution is 2.38. The van der Waals surface area contributed by atoms with E-state index in [-0.39, 0.29) is 11.9 Å². The summed E-state index contributed by atoms with van der Waals surface area (Å²) in [5.41, 5.74) is 0. The van der Waals surface area contributed by atoms with Crippen LogP contribution in [-0.4, -0.2) is 25.7 Å². The maximum atomic E-state index is 12.7. The lowest BCUT2D eigenvalue weighted by atomic mass is 10.1. The molecular formula is C26H46I4O4S. The van der Waals surface area contributed by atoms with Gasteiger partial charge in [-0.2, -0.15) is 0 Å². The molecule has 0 fully saturated rings. The molecule has 0 aliphatic rings. The largest absolute Gasteiger partial charge is 0.438 e. The molecule has 0 bridgehead atoms. The zero-order valence-electron chi connectivity index (χ0n) is 22.0. The van der Waals surface area contributed by atoms with Gasteiger partial charge in [-0.15, -0.1) is 11.8 Å². The van der Waals surface area contributed by atoms with Gasteiger partial charge in [0.1, 0.15) is 10.5 Å². The first-order chi connectivity index (χ1) is 16.4. The number of esters is 2. The Balaban J connectivity index is 4.27. The van der Waals surface area contributed by atoms with Crippen molar-refractivity contribution in [3.8, 4) is 0 Å². The summed E-state index contributed by atoms with van der Waals surface area (Å²) >= 11 is 10.2. The maximum absolute atomic E-state index is 12.7. The monoisotopic (exact) mass is 962 g/mol. The second kappa shape index (κ2) is 22.0. The Hall–Kier alpha value is 2.21. The van der Waals surface area contributed by atoms with Gasteiger partial charge in [-0.25, -0.2) is 0 Å². The van der Waals surface area contributed by atoms with E-state index in [2.05, 4.69) is 104 Å².